The van der Waals surface area contributed by atoms with Gasteiger partial charge in [0.25, 0.3) is 5.56 Å². The van der Waals surface area contributed by atoms with Crippen molar-refractivity contribution in [2.45, 2.75) is 12.6 Å². The molecule has 0 bridgehead atoms. The quantitative estimate of drug-likeness (QED) is 0.876. The Kier molecular flexibility index (Phi) is 5.30. The second kappa shape index (κ2) is 7.19. The number of likely N-dealkylation sites (N-methyl/N-ethyl adjacent to an activating group) is 1. The number of carbonyl (C=O) groups is 1. The number of hydrogen-bond acceptors (Lipinski definition) is 4. The smallest absolute Gasteiger partial charge is 0.250 e. The van der Waals surface area contributed by atoms with Crippen molar-refractivity contribution in [2.75, 3.05) is 20.6 Å². The van der Waals surface area contributed by atoms with Gasteiger partial charge in [-0.15, -0.1) is 11.3 Å². The molecule has 0 fully saturated rings. The van der Waals surface area contributed by atoms with E-state index in [4.69, 9.17) is 0 Å². The largest absolute Gasteiger partial charge is 0.353 e. The molecular formula is C15H19N3O2S. The zero-order valence-electron chi connectivity index (χ0n) is 12.2. The number of rotatable bonds is 6. The normalized spacial score (nSPS) is 12.3. The molecule has 0 radical (unpaired) electrons. The van der Waals surface area contributed by atoms with Gasteiger partial charge in [0.1, 0.15) is 6.54 Å². The molecule has 112 valence electrons. The summed E-state index contributed by atoms with van der Waals surface area (Å²) in [6.45, 7) is 0.568. The zero-order chi connectivity index (χ0) is 15.2. The van der Waals surface area contributed by atoms with E-state index in [2.05, 4.69) is 16.3 Å². The molecule has 2 aromatic heterocycles. The first-order chi connectivity index (χ1) is 10.1. The van der Waals surface area contributed by atoms with E-state index in [1.54, 1.807) is 29.7 Å². The standard InChI is InChI=1S/C15H19N3O2S/c1-17(2)12(13-6-5-9-21-13)10-16-14(19)11-18-8-4-3-7-15(18)20/h3-9,12H,10-11H2,1-2H3,(H,16,19)/t12-/m1/s1. The molecule has 0 spiro atoms. The maximum Gasteiger partial charge on any atom is 0.250 e. The molecule has 1 N–H and O–H groups in total. The summed E-state index contributed by atoms with van der Waals surface area (Å²) >= 11 is 1.67. The maximum atomic E-state index is 12.0. The minimum absolute atomic E-state index is 0.0459. The lowest BCUT2D eigenvalue weighted by Crippen LogP contribution is -2.37. The molecule has 0 aromatic carbocycles. The Hall–Kier alpha value is -1.92. The van der Waals surface area contributed by atoms with Crippen molar-refractivity contribution in [2.24, 2.45) is 0 Å². The summed E-state index contributed by atoms with van der Waals surface area (Å²) in [5, 5.41) is 4.92. The number of nitrogens with one attached hydrogen (secondary N) is 1. The molecule has 2 heterocycles. The molecule has 0 saturated carbocycles. The second-order valence-electron chi connectivity index (χ2n) is 4.97. The zero-order valence-corrected chi connectivity index (χ0v) is 13.0. The maximum absolute atomic E-state index is 12.0. The highest BCUT2D eigenvalue weighted by Gasteiger charge is 2.16. The van der Waals surface area contributed by atoms with Crippen molar-refractivity contribution >= 4 is 17.2 Å². The van der Waals surface area contributed by atoms with Crippen LogP contribution >= 0.6 is 11.3 Å². The molecule has 0 aliphatic carbocycles. The Morgan fingerprint density at radius 3 is 2.76 bits per heavy atom. The van der Waals surface area contributed by atoms with Crippen molar-refractivity contribution in [1.82, 2.24) is 14.8 Å². The third-order valence-corrected chi connectivity index (χ3v) is 4.17. The van der Waals surface area contributed by atoms with Gasteiger partial charge in [0, 0.05) is 23.7 Å². The first-order valence-corrected chi connectivity index (χ1v) is 7.58. The van der Waals surface area contributed by atoms with Crippen molar-refractivity contribution in [3.8, 4) is 0 Å². The van der Waals surface area contributed by atoms with Crippen LogP contribution in [0, 0.1) is 0 Å². The molecule has 2 aromatic rings. The van der Waals surface area contributed by atoms with Gasteiger partial charge in [-0.25, -0.2) is 0 Å². The average molecular weight is 305 g/mol. The lowest BCUT2D eigenvalue weighted by Gasteiger charge is -2.23. The Balaban J connectivity index is 1.94. The monoisotopic (exact) mass is 305 g/mol. The summed E-state index contributed by atoms with van der Waals surface area (Å²) in [6, 6.07) is 9.05. The van der Waals surface area contributed by atoms with Crippen molar-refractivity contribution in [1.29, 1.82) is 0 Å². The highest BCUT2D eigenvalue weighted by Crippen LogP contribution is 2.22. The van der Waals surface area contributed by atoms with Gasteiger partial charge < -0.3 is 14.8 Å². The van der Waals surface area contributed by atoms with Crippen molar-refractivity contribution < 1.29 is 4.79 Å². The highest BCUT2D eigenvalue weighted by molar-refractivity contribution is 7.10. The van der Waals surface area contributed by atoms with E-state index >= 15 is 0 Å². The van der Waals surface area contributed by atoms with Crippen LogP contribution in [-0.2, 0) is 11.3 Å². The number of nitrogens with zero attached hydrogens (tertiary/aromatic N) is 2. The number of hydrogen-bond donors (Lipinski definition) is 1. The van der Waals surface area contributed by atoms with Crippen LogP contribution in [0.2, 0.25) is 0 Å². The summed E-state index contributed by atoms with van der Waals surface area (Å²) in [5.41, 5.74) is -0.171. The van der Waals surface area contributed by atoms with E-state index in [1.807, 2.05) is 25.5 Å². The predicted molar refractivity (Wildman–Crippen MR) is 84.5 cm³/mol. The molecular weight excluding hydrogens is 286 g/mol. The predicted octanol–water partition coefficient (Wildman–Crippen LogP) is 1.33. The number of amides is 1. The van der Waals surface area contributed by atoms with E-state index in [9.17, 15) is 9.59 Å². The highest BCUT2D eigenvalue weighted by atomic mass is 32.1. The van der Waals surface area contributed by atoms with Gasteiger partial charge in [0.15, 0.2) is 0 Å². The molecule has 5 nitrogen and oxygen atoms in total. The Morgan fingerprint density at radius 1 is 1.33 bits per heavy atom. The molecule has 6 heteroatoms. The summed E-state index contributed by atoms with van der Waals surface area (Å²) in [6.07, 6.45) is 1.62. The third-order valence-electron chi connectivity index (χ3n) is 3.20. The second-order valence-corrected chi connectivity index (χ2v) is 5.94. The van der Waals surface area contributed by atoms with E-state index in [1.165, 1.54) is 15.5 Å². The average Bonchev–Trinajstić information content (AvgIpc) is 2.95. The fourth-order valence-corrected chi connectivity index (χ4v) is 2.95. The summed E-state index contributed by atoms with van der Waals surface area (Å²) in [5.74, 6) is -0.160. The van der Waals surface area contributed by atoms with Crippen LogP contribution < -0.4 is 10.9 Å². The van der Waals surface area contributed by atoms with Gasteiger partial charge in [-0.1, -0.05) is 12.1 Å². The van der Waals surface area contributed by atoms with Gasteiger partial charge in [0.05, 0.1) is 6.04 Å². The molecule has 0 aliphatic heterocycles. The fourth-order valence-electron chi connectivity index (χ4n) is 2.03. The summed E-state index contributed by atoms with van der Waals surface area (Å²) in [7, 11) is 3.97. The molecule has 0 unspecified atom stereocenters. The van der Waals surface area contributed by atoms with Crippen LogP contribution in [0.15, 0.2) is 46.7 Å². The van der Waals surface area contributed by atoms with Crippen LogP contribution in [0.3, 0.4) is 0 Å². The Morgan fingerprint density at radius 2 is 2.14 bits per heavy atom. The number of aromatic nitrogens is 1. The summed E-state index contributed by atoms with van der Waals surface area (Å²) < 4.78 is 1.39. The molecule has 0 saturated heterocycles. The van der Waals surface area contributed by atoms with Gasteiger partial charge in [-0.05, 0) is 31.6 Å². The van der Waals surface area contributed by atoms with Crippen LogP contribution in [0.1, 0.15) is 10.9 Å². The first-order valence-electron chi connectivity index (χ1n) is 6.70. The molecule has 1 atom stereocenters. The minimum Gasteiger partial charge on any atom is -0.353 e. The minimum atomic E-state index is -0.171. The van der Waals surface area contributed by atoms with Crippen LogP contribution in [-0.4, -0.2) is 36.0 Å². The van der Waals surface area contributed by atoms with Gasteiger partial charge in [-0.2, -0.15) is 0 Å². The van der Waals surface area contributed by atoms with Crippen molar-refractivity contribution in [3.63, 3.8) is 0 Å². The topological polar surface area (TPSA) is 54.3 Å². The van der Waals surface area contributed by atoms with Crippen LogP contribution in [0.4, 0.5) is 0 Å². The number of pyridine rings is 1. The lowest BCUT2D eigenvalue weighted by molar-refractivity contribution is -0.121. The van der Waals surface area contributed by atoms with E-state index in [0.29, 0.717) is 6.54 Å². The first kappa shape index (κ1) is 15.5. The van der Waals surface area contributed by atoms with E-state index in [0.717, 1.165) is 0 Å². The van der Waals surface area contributed by atoms with Crippen molar-refractivity contribution in [3.05, 3.63) is 57.1 Å². The van der Waals surface area contributed by atoms with E-state index < -0.39 is 0 Å². The number of thiophene rings is 1. The van der Waals surface area contributed by atoms with Gasteiger partial charge in [0.2, 0.25) is 5.91 Å². The summed E-state index contributed by atoms with van der Waals surface area (Å²) in [4.78, 5) is 26.8. The fraction of sp³-hybridized carbons (Fsp3) is 0.333. The van der Waals surface area contributed by atoms with Gasteiger partial charge in [-0.3, -0.25) is 9.59 Å². The molecule has 0 aliphatic rings. The van der Waals surface area contributed by atoms with E-state index in [-0.39, 0.29) is 24.1 Å². The Bertz CT molecular complexity index is 634. The molecule has 2 rings (SSSR count). The number of carbonyl (C=O) groups excluding carboxylic acids is 1. The Labute approximate surface area is 127 Å². The van der Waals surface area contributed by atoms with Gasteiger partial charge >= 0.3 is 0 Å². The van der Waals surface area contributed by atoms with Crippen LogP contribution in [0.5, 0.6) is 0 Å². The molecule has 1 amide bonds. The SMILES string of the molecule is CN(C)[C@H](CNC(=O)Cn1ccccc1=O)c1cccs1. The molecule has 21 heavy (non-hydrogen) atoms. The third kappa shape index (κ3) is 4.27. The lowest BCUT2D eigenvalue weighted by atomic mass is 10.2. The van der Waals surface area contributed by atoms with Crippen LogP contribution in [0.25, 0.3) is 0 Å².